The van der Waals surface area contributed by atoms with E-state index in [0.29, 0.717) is 123 Å². The lowest BCUT2D eigenvalue weighted by atomic mass is 9.97. The number of benzene rings is 6. The highest BCUT2D eigenvalue weighted by atomic mass is 32.2. The number of halogens is 2. The molecule has 2 aliphatic rings. The second-order valence-electron chi connectivity index (χ2n) is 23.9. The van der Waals surface area contributed by atoms with E-state index in [0.717, 1.165) is 66.5 Å². The number of aliphatic hydroxyl groups excluding tert-OH is 2. The van der Waals surface area contributed by atoms with Crippen molar-refractivity contribution in [1.29, 1.82) is 0 Å². The molecular formula is C74H76F2N2O18S2. The molecular weight excluding hydrogens is 1310 g/mol. The molecule has 8 aromatic rings. The van der Waals surface area contributed by atoms with Crippen molar-refractivity contribution in [2.45, 2.75) is 96.8 Å². The first-order chi connectivity index (χ1) is 46.8. The number of anilines is 2. The molecule has 0 amide bonds. The number of fused-ring (bicyclic) bond motifs is 2. The number of ether oxygens (including phenoxy) is 3. The first kappa shape index (κ1) is 72.6. The van der Waals surface area contributed by atoms with Gasteiger partial charge in [0.25, 0.3) is 11.6 Å². The van der Waals surface area contributed by atoms with E-state index in [4.69, 9.17) is 23.4 Å². The molecule has 0 radical (unpaired) electrons. The summed E-state index contributed by atoms with van der Waals surface area (Å²) in [4.78, 5) is 72.0. The van der Waals surface area contributed by atoms with Crippen molar-refractivity contribution in [1.82, 2.24) is 0 Å². The summed E-state index contributed by atoms with van der Waals surface area (Å²) in [5.74, 6) is -5.86. The predicted molar refractivity (Wildman–Crippen MR) is 367 cm³/mol. The van der Waals surface area contributed by atoms with Crippen LogP contribution in [0.4, 0.5) is 20.2 Å². The molecule has 2 saturated carbocycles. The number of carbonyl (C=O) groups excluding carboxylic acids is 5. The number of Topliss-reactive ketones (excluding diaryl/α,β-unsaturated/α-hetero) is 2. The number of carboxylic acid groups (broad SMARTS) is 1. The lowest BCUT2D eigenvalue weighted by Gasteiger charge is -2.25. The van der Waals surface area contributed by atoms with Crippen molar-refractivity contribution in [3.63, 3.8) is 0 Å². The number of aryl methyl sites for hydroxylation is 2. The van der Waals surface area contributed by atoms with Gasteiger partial charge in [0.05, 0.1) is 67.9 Å². The van der Waals surface area contributed by atoms with Crippen molar-refractivity contribution in [3.05, 3.63) is 190 Å². The topological polar surface area (TPSA) is 292 Å². The van der Waals surface area contributed by atoms with Crippen molar-refractivity contribution in [2.75, 3.05) is 67.2 Å². The number of furan rings is 2. The number of carbonyl (C=O) groups is 6. The van der Waals surface area contributed by atoms with Gasteiger partial charge < -0.3 is 38.4 Å². The van der Waals surface area contributed by atoms with Crippen LogP contribution in [-0.4, -0.2) is 126 Å². The van der Waals surface area contributed by atoms with Gasteiger partial charge in [-0.15, -0.1) is 0 Å². The number of hydrogen-bond acceptors (Lipinski definition) is 17. The summed E-state index contributed by atoms with van der Waals surface area (Å²) >= 11 is 0. The molecule has 2 heterocycles. The Labute approximate surface area is 566 Å². The van der Waals surface area contributed by atoms with Crippen LogP contribution >= 0.6 is 0 Å². The minimum absolute atomic E-state index is 0.0437. The molecule has 0 aliphatic heterocycles. The van der Waals surface area contributed by atoms with Crippen molar-refractivity contribution in [2.24, 2.45) is 0 Å². The Morgan fingerprint density at radius 3 is 1.30 bits per heavy atom. The maximum atomic E-state index is 13.7. The number of aliphatic hydroxyl groups is 2. The average molecular weight is 1380 g/mol. The highest BCUT2D eigenvalue weighted by Gasteiger charge is 2.35. The zero-order chi connectivity index (χ0) is 70.6. The zero-order valence-corrected chi connectivity index (χ0v) is 56.4. The van der Waals surface area contributed by atoms with E-state index in [2.05, 4.69) is 4.74 Å². The fourth-order valence-corrected chi connectivity index (χ4v) is 13.2. The Morgan fingerprint density at radius 2 is 0.939 bits per heavy atom. The smallest absolute Gasteiger partial charge is 0.379 e. The zero-order valence-electron chi connectivity index (χ0n) is 54.8. The monoisotopic (exact) mass is 1380 g/mol. The molecule has 516 valence electrons. The van der Waals surface area contributed by atoms with Gasteiger partial charge in [0, 0.05) is 83.4 Å². The Morgan fingerprint density at radius 1 is 0.541 bits per heavy atom. The quantitative estimate of drug-likeness (QED) is 0.00860. The van der Waals surface area contributed by atoms with Crippen LogP contribution < -0.4 is 8.61 Å². The number of rotatable bonds is 33. The third-order valence-electron chi connectivity index (χ3n) is 16.5. The molecule has 0 spiro atoms. The van der Waals surface area contributed by atoms with E-state index in [1.54, 1.807) is 93.6 Å². The fraction of sp³-hybridized carbons (Fsp3) is 0.324. The third kappa shape index (κ3) is 18.3. The maximum Gasteiger partial charge on any atom is 0.379 e. The van der Waals surface area contributed by atoms with Crippen LogP contribution in [0.5, 0.6) is 0 Å². The number of hydrogen-bond donors (Lipinski definition) is 3. The summed E-state index contributed by atoms with van der Waals surface area (Å²) in [5.41, 5.74) is 7.57. The lowest BCUT2D eigenvalue weighted by molar-refractivity contribution is -0.151. The molecule has 10 rings (SSSR count). The molecule has 0 saturated heterocycles. The van der Waals surface area contributed by atoms with Gasteiger partial charge in [-0.25, -0.2) is 35.2 Å². The van der Waals surface area contributed by atoms with Crippen molar-refractivity contribution < 1.29 is 92.7 Å². The molecule has 2 aromatic heterocycles. The number of aliphatic carboxylic acids is 1. The Kier molecular flexibility index (Phi) is 23.8. The van der Waals surface area contributed by atoms with E-state index < -0.39 is 60.9 Å². The first-order valence-electron chi connectivity index (χ1n) is 32.2. The molecule has 6 aromatic carbocycles. The van der Waals surface area contributed by atoms with E-state index in [1.807, 2.05) is 24.3 Å². The maximum absolute atomic E-state index is 13.7. The van der Waals surface area contributed by atoms with Crippen LogP contribution in [-0.2, 0) is 66.3 Å². The molecule has 0 unspecified atom stereocenters. The van der Waals surface area contributed by atoms with Crippen molar-refractivity contribution >= 4 is 99.9 Å². The average Bonchev–Trinajstić information content (AvgIpc) is 1.59. The van der Waals surface area contributed by atoms with Gasteiger partial charge in [-0.1, -0.05) is 50.2 Å². The number of ketones is 4. The van der Waals surface area contributed by atoms with Crippen LogP contribution in [0.15, 0.2) is 142 Å². The van der Waals surface area contributed by atoms with Gasteiger partial charge in [-0.3, -0.25) is 27.8 Å². The molecule has 0 bridgehead atoms. The first-order valence-corrected chi connectivity index (χ1v) is 35.9. The Hall–Kier alpha value is -9.62. The lowest BCUT2D eigenvalue weighted by Crippen LogP contribution is -2.34. The Bertz CT molecular complexity index is 4600. The van der Waals surface area contributed by atoms with E-state index >= 15 is 0 Å². The normalized spacial score (nSPS) is 13.5. The van der Waals surface area contributed by atoms with Gasteiger partial charge in [-0.2, -0.15) is 0 Å². The third-order valence-corrected chi connectivity index (χ3v) is 18.9. The van der Waals surface area contributed by atoms with Crippen LogP contribution in [0.25, 0.3) is 56.1 Å². The predicted octanol–water partition coefficient (Wildman–Crippen LogP) is 13.8. The summed E-state index contributed by atoms with van der Waals surface area (Å²) < 4.78 is 111. The summed E-state index contributed by atoms with van der Waals surface area (Å²) in [6.45, 7) is 6.12. The molecule has 2 aliphatic carbocycles. The van der Waals surface area contributed by atoms with E-state index in [9.17, 15) is 64.6 Å². The SMILES string of the molecule is CCC(=O)c1c(-c2ccc(F)cc2)oc2cc(N(CCOCCCc3cccc(C(O)=CC(=O)C(=O)O)c3)S(C)(=O)=O)c(C3CC3)cc12.CCOC(=O)C(=O)C=C(O)c1cccc(CCCOCCN(c2cc3oc(-c4ccc(F)cc4)c(C(=O)CC)c3cc2C2CC2)S(C)(=O)=O)c1. The van der Waals surface area contributed by atoms with Crippen LogP contribution in [0.3, 0.4) is 0 Å². The molecule has 3 N–H and O–H groups in total. The van der Waals surface area contributed by atoms with Crippen LogP contribution in [0.2, 0.25) is 0 Å². The molecule has 20 nitrogen and oxygen atoms in total. The highest BCUT2D eigenvalue weighted by molar-refractivity contribution is 7.92. The molecule has 98 heavy (non-hydrogen) atoms. The molecule has 0 atom stereocenters. The van der Waals surface area contributed by atoms with Gasteiger partial charge in [-0.05, 0) is 165 Å². The summed E-state index contributed by atoms with van der Waals surface area (Å²) in [6, 6.07) is 32.1. The number of sulfonamides is 2. The number of nitrogens with zero attached hydrogens (tertiary/aromatic N) is 2. The standard InChI is InChI=1S/C38H40FNO9S.C36H36FNO9S/c1-4-32(41)36-30-21-29(25-11-12-25)31(22-35(30)49-37(36)26-13-15-28(39)16-14-26)40(50(3,45)46)17-19-47-18-7-9-24-8-6-10-27(20-24)33(42)23-34(43)38(44)48-5-2;1-3-30(39)34-28-19-27(23-9-10-23)29(20-33(28)47-35(34)24-11-13-26(37)14-12-24)38(48(2,44)45)15-17-46-16-5-7-22-6-4-8-25(18-22)31(40)21-32(41)36(42)43/h6,8,10,13-16,20-23,25,42H,4-5,7,9,11-12,17-19H2,1-3H3;4,6,8,11-14,18-21,23,40H,3,5,7,9-10,15-17H2,1-2H3,(H,42,43). The van der Waals surface area contributed by atoms with E-state index in [-0.39, 0.29) is 74.9 Å². The fourth-order valence-electron chi connectivity index (χ4n) is 11.4. The second-order valence-corrected chi connectivity index (χ2v) is 27.7. The second kappa shape index (κ2) is 32.2. The molecule has 24 heteroatoms. The van der Waals surface area contributed by atoms with Gasteiger partial charge in [0.1, 0.15) is 45.8 Å². The largest absolute Gasteiger partial charge is 0.507 e. The number of carboxylic acids is 1. The Balaban J connectivity index is 0.000000229. The van der Waals surface area contributed by atoms with Gasteiger partial charge in [0.2, 0.25) is 20.0 Å². The minimum Gasteiger partial charge on any atom is -0.507 e. The number of esters is 1. The highest BCUT2D eigenvalue weighted by Crippen LogP contribution is 2.50. The van der Waals surface area contributed by atoms with E-state index in [1.165, 1.54) is 32.9 Å². The van der Waals surface area contributed by atoms with Crippen molar-refractivity contribution in [3.8, 4) is 22.6 Å². The van der Waals surface area contributed by atoms with Crippen LogP contribution in [0.1, 0.15) is 138 Å². The minimum atomic E-state index is -3.75. The van der Waals surface area contributed by atoms with Gasteiger partial charge >= 0.3 is 11.9 Å². The summed E-state index contributed by atoms with van der Waals surface area (Å²) in [5, 5.41) is 30.4. The van der Waals surface area contributed by atoms with Crippen LogP contribution in [0, 0.1) is 11.6 Å². The summed E-state index contributed by atoms with van der Waals surface area (Å²) in [6.07, 6.45) is 10.1. The van der Waals surface area contributed by atoms with Gasteiger partial charge in [0.15, 0.2) is 11.6 Å². The molecule has 2 fully saturated rings. The summed E-state index contributed by atoms with van der Waals surface area (Å²) in [7, 11) is -7.49.